The van der Waals surface area contributed by atoms with Crippen LogP contribution < -0.4 is 11.0 Å². The van der Waals surface area contributed by atoms with Gasteiger partial charge in [-0.15, -0.1) is 0 Å². The summed E-state index contributed by atoms with van der Waals surface area (Å²) in [5.41, 5.74) is 0.653. The highest BCUT2D eigenvalue weighted by Crippen LogP contribution is 2.06. The number of rotatable bonds is 1. The van der Waals surface area contributed by atoms with Crippen LogP contribution in [0, 0.1) is 0 Å². The highest BCUT2D eigenvalue weighted by molar-refractivity contribution is 6.33. The van der Waals surface area contributed by atoms with Crippen molar-refractivity contribution < 1.29 is 0 Å². The zero-order valence-corrected chi connectivity index (χ0v) is 8.03. The van der Waals surface area contributed by atoms with Crippen LogP contribution in [0.15, 0.2) is 35.3 Å². The highest BCUT2D eigenvalue weighted by Gasteiger charge is 2.00. The molecule has 2 aromatic rings. The zero-order chi connectivity index (χ0) is 10.1. The number of nitrogens with zero attached hydrogens (tertiary/aromatic N) is 1. The minimum absolute atomic E-state index is 0.0253. The zero-order valence-electron chi connectivity index (χ0n) is 8.03. The highest BCUT2D eigenvalue weighted by atomic mass is 16.1. The van der Waals surface area contributed by atoms with Gasteiger partial charge in [-0.1, -0.05) is 23.7 Å². The molecule has 0 saturated heterocycles. The molecular formula is C11H10BNO. The molecule has 0 saturated carbocycles. The molecule has 0 N–H and O–H groups in total. The second kappa shape index (κ2) is 3.33. The van der Waals surface area contributed by atoms with Gasteiger partial charge in [0.15, 0.2) is 0 Å². The number of pyridine rings is 1. The molecule has 1 heterocycles. The second-order valence-corrected chi connectivity index (χ2v) is 3.25. The van der Waals surface area contributed by atoms with E-state index in [1.165, 1.54) is 0 Å². The fraction of sp³-hybridized carbons (Fsp3) is 0.182. The van der Waals surface area contributed by atoms with Crippen LogP contribution in [-0.2, 0) is 6.54 Å². The van der Waals surface area contributed by atoms with Crippen LogP contribution in [0.2, 0.25) is 0 Å². The third kappa shape index (κ3) is 1.35. The summed E-state index contributed by atoms with van der Waals surface area (Å²) in [5.74, 6) is 0. The van der Waals surface area contributed by atoms with Gasteiger partial charge in [0.1, 0.15) is 7.85 Å². The van der Waals surface area contributed by atoms with Gasteiger partial charge in [-0.05, 0) is 18.4 Å². The van der Waals surface area contributed by atoms with E-state index in [9.17, 15) is 4.79 Å². The molecule has 2 nitrogen and oxygen atoms in total. The molecule has 0 aliphatic rings. The normalized spacial score (nSPS) is 10.6. The summed E-state index contributed by atoms with van der Waals surface area (Å²) in [6, 6.07) is 7.33. The predicted octanol–water partition coefficient (Wildman–Crippen LogP) is 0.815. The Morgan fingerprint density at radius 1 is 1.36 bits per heavy atom. The lowest BCUT2D eigenvalue weighted by Gasteiger charge is -2.04. The summed E-state index contributed by atoms with van der Waals surface area (Å²) < 4.78 is 1.67. The van der Waals surface area contributed by atoms with Crippen LogP contribution in [0.5, 0.6) is 0 Å². The first-order valence-corrected chi connectivity index (χ1v) is 4.61. The van der Waals surface area contributed by atoms with E-state index in [-0.39, 0.29) is 5.56 Å². The van der Waals surface area contributed by atoms with Crippen LogP contribution in [-0.4, -0.2) is 12.4 Å². The van der Waals surface area contributed by atoms with Crippen LogP contribution in [0.1, 0.15) is 6.92 Å². The smallest absolute Gasteiger partial charge is 0.258 e. The third-order valence-corrected chi connectivity index (χ3v) is 2.34. The Kier molecular flexibility index (Phi) is 2.16. The number of aromatic nitrogens is 1. The van der Waals surface area contributed by atoms with Gasteiger partial charge in [-0.3, -0.25) is 4.79 Å². The van der Waals surface area contributed by atoms with Crippen molar-refractivity contribution in [1.29, 1.82) is 0 Å². The van der Waals surface area contributed by atoms with E-state index in [2.05, 4.69) is 0 Å². The molecule has 68 valence electrons. The van der Waals surface area contributed by atoms with E-state index >= 15 is 0 Å². The molecule has 0 bridgehead atoms. The first-order valence-electron chi connectivity index (χ1n) is 4.61. The molecule has 0 spiro atoms. The Labute approximate surface area is 83.6 Å². The fourth-order valence-electron chi connectivity index (χ4n) is 1.55. The molecule has 2 radical (unpaired) electrons. The Morgan fingerprint density at radius 2 is 2.14 bits per heavy atom. The van der Waals surface area contributed by atoms with Gasteiger partial charge in [0.05, 0.1) is 0 Å². The molecule has 14 heavy (non-hydrogen) atoms. The maximum atomic E-state index is 11.8. The lowest BCUT2D eigenvalue weighted by Crippen LogP contribution is -2.19. The topological polar surface area (TPSA) is 22.0 Å². The standard InChI is InChI=1S/C11H10BNO/c1-2-13-6-5-8-3-4-9(12)7-10(8)11(13)14/h3-7H,2H2,1H3. The van der Waals surface area contributed by atoms with Crippen LogP contribution >= 0.6 is 0 Å². The van der Waals surface area contributed by atoms with Crippen molar-refractivity contribution in [2.45, 2.75) is 13.5 Å². The monoisotopic (exact) mass is 183 g/mol. The maximum Gasteiger partial charge on any atom is 0.258 e. The third-order valence-electron chi connectivity index (χ3n) is 2.34. The lowest BCUT2D eigenvalue weighted by atomic mass is 9.94. The molecule has 0 fully saturated rings. The van der Waals surface area contributed by atoms with Crippen molar-refractivity contribution in [3.05, 3.63) is 40.8 Å². The van der Waals surface area contributed by atoms with E-state index in [1.54, 1.807) is 22.9 Å². The van der Waals surface area contributed by atoms with Gasteiger partial charge in [0.2, 0.25) is 0 Å². The number of hydrogen-bond acceptors (Lipinski definition) is 1. The van der Waals surface area contributed by atoms with Crippen LogP contribution in [0.25, 0.3) is 10.8 Å². The summed E-state index contributed by atoms with van der Waals surface area (Å²) in [5, 5.41) is 1.63. The molecule has 2 rings (SSSR count). The minimum Gasteiger partial charge on any atom is -0.315 e. The average molecular weight is 183 g/mol. The van der Waals surface area contributed by atoms with Crippen molar-refractivity contribution in [3.63, 3.8) is 0 Å². The van der Waals surface area contributed by atoms with E-state index in [0.29, 0.717) is 17.4 Å². The van der Waals surface area contributed by atoms with Gasteiger partial charge in [-0.2, -0.15) is 0 Å². The molecular weight excluding hydrogens is 173 g/mol. The van der Waals surface area contributed by atoms with E-state index in [1.807, 2.05) is 19.1 Å². The SMILES string of the molecule is [B]c1ccc2ccn(CC)c(=O)c2c1. The maximum absolute atomic E-state index is 11.8. The van der Waals surface area contributed by atoms with Crippen LogP contribution in [0.3, 0.4) is 0 Å². The van der Waals surface area contributed by atoms with Gasteiger partial charge < -0.3 is 4.57 Å². The summed E-state index contributed by atoms with van der Waals surface area (Å²) in [7, 11) is 5.64. The Bertz CT molecular complexity index is 530. The first kappa shape index (κ1) is 9.07. The molecule has 0 atom stereocenters. The quantitative estimate of drug-likeness (QED) is 0.599. The largest absolute Gasteiger partial charge is 0.315 e. The molecule has 0 amide bonds. The van der Waals surface area contributed by atoms with Gasteiger partial charge in [0, 0.05) is 18.1 Å². The van der Waals surface area contributed by atoms with E-state index in [0.717, 1.165) is 5.39 Å². The molecule has 1 aromatic carbocycles. The number of hydrogen-bond donors (Lipinski definition) is 0. The lowest BCUT2D eigenvalue weighted by molar-refractivity contribution is 0.735. The van der Waals surface area contributed by atoms with Crippen molar-refractivity contribution >= 4 is 24.1 Å². The number of benzene rings is 1. The van der Waals surface area contributed by atoms with Gasteiger partial charge in [-0.25, -0.2) is 0 Å². The van der Waals surface area contributed by atoms with Crippen LogP contribution in [0.4, 0.5) is 0 Å². The molecule has 1 aromatic heterocycles. The summed E-state index contributed by atoms with van der Waals surface area (Å²) in [4.78, 5) is 11.8. The van der Waals surface area contributed by atoms with Crippen molar-refractivity contribution in [1.82, 2.24) is 4.57 Å². The number of aryl methyl sites for hydroxylation is 1. The Balaban J connectivity index is 2.87. The molecule has 0 aliphatic heterocycles. The van der Waals surface area contributed by atoms with Crippen molar-refractivity contribution in [2.24, 2.45) is 0 Å². The average Bonchev–Trinajstić information content (AvgIpc) is 2.20. The molecule has 0 unspecified atom stereocenters. The van der Waals surface area contributed by atoms with Gasteiger partial charge >= 0.3 is 0 Å². The van der Waals surface area contributed by atoms with E-state index in [4.69, 9.17) is 7.85 Å². The summed E-state index contributed by atoms with van der Waals surface area (Å²) in [6.45, 7) is 2.63. The molecule has 3 heteroatoms. The van der Waals surface area contributed by atoms with Gasteiger partial charge in [0.25, 0.3) is 5.56 Å². The minimum atomic E-state index is 0.0253. The predicted molar refractivity (Wildman–Crippen MR) is 59.3 cm³/mol. The Morgan fingerprint density at radius 3 is 2.86 bits per heavy atom. The molecule has 0 aliphatic carbocycles. The number of fused-ring (bicyclic) bond motifs is 1. The summed E-state index contributed by atoms with van der Waals surface area (Å²) in [6.07, 6.45) is 1.81. The van der Waals surface area contributed by atoms with E-state index < -0.39 is 0 Å². The van der Waals surface area contributed by atoms with Crippen molar-refractivity contribution in [3.8, 4) is 0 Å². The first-order chi connectivity index (χ1) is 6.72. The fourth-order valence-corrected chi connectivity index (χ4v) is 1.55. The van der Waals surface area contributed by atoms with Crippen molar-refractivity contribution in [2.75, 3.05) is 0 Å². The second-order valence-electron chi connectivity index (χ2n) is 3.25. The Hall–Kier alpha value is -1.51. The summed E-state index contributed by atoms with van der Waals surface area (Å²) >= 11 is 0.